The van der Waals surface area contributed by atoms with E-state index in [1.165, 1.54) is 16.7 Å². The molecule has 0 radical (unpaired) electrons. The Morgan fingerprint density at radius 1 is 1.21 bits per heavy atom. The quantitative estimate of drug-likeness (QED) is 0.796. The van der Waals surface area contributed by atoms with Crippen LogP contribution in [-0.4, -0.2) is 30.5 Å². The van der Waals surface area contributed by atoms with Gasteiger partial charge in [0.05, 0.1) is 18.8 Å². The summed E-state index contributed by atoms with van der Waals surface area (Å²) in [7, 11) is 0. The molecule has 1 aromatic carbocycles. The molecule has 0 fully saturated rings. The maximum absolute atomic E-state index is 9.83. The number of hydrogen-bond acceptors (Lipinski definition) is 3. The maximum atomic E-state index is 9.83. The van der Waals surface area contributed by atoms with Crippen LogP contribution in [0.4, 0.5) is 0 Å². The molecule has 0 heterocycles. The van der Waals surface area contributed by atoms with Gasteiger partial charge in [0.15, 0.2) is 0 Å². The largest absolute Gasteiger partial charge is 0.389 e. The number of aliphatic hydroxyl groups excluding tert-OH is 1. The third-order valence-corrected chi connectivity index (χ3v) is 3.39. The highest BCUT2D eigenvalue weighted by atomic mass is 16.5. The maximum Gasteiger partial charge on any atom is 0.0898 e. The summed E-state index contributed by atoms with van der Waals surface area (Å²) < 4.78 is 5.39. The second-order valence-corrected chi connectivity index (χ2v) is 5.45. The molecule has 0 saturated carbocycles. The van der Waals surface area contributed by atoms with Crippen molar-refractivity contribution in [3.8, 4) is 0 Å². The van der Waals surface area contributed by atoms with Crippen molar-refractivity contribution in [3.05, 3.63) is 34.9 Å². The number of ether oxygens (including phenoxy) is 1. The first-order valence-corrected chi connectivity index (χ1v) is 7.01. The number of rotatable bonds is 7. The van der Waals surface area contributed by atoms with Crippen molar-refractivity contribution in [3.63, 3.8) is 0 Å². The lowest BCUT2D eigenvalue weighted by Gasteiger charge is -2.20. The lowest BCUT2D eigenvalue weighted by Crippen LogP contribution is -2.33. The van der Waals surface area contributed by atoms with Gasteiger partial charge in [-0.25, -0.2) is 0 Å². The zero-order valence-corrected chi connectivity index (χ0v) is 12.7. The van der Waals surface area contributed by atoms with Crippen LogP contribution in [0.3, 0.4) is 0 Å². The zero-order chi connectivity index (χ0) is 14.4. The van der Waals surface area contributed by atoms with Crippen LogP contribution in [0.2, 0.25) is 0 Å². The van der Waals surface area contributed by atoms with Gasteiger partial charge in [0.25, 0.3) is 0 Å². The second kappa shape index (κ2) is 7.63. The molecule has 1 rings (SSSR count). The molecule has 3 heteroatoms. The van der Waals surface area contributed by atoms with Crippen LogP contribution >= 0.6 is 0 Å². The molecule has 0 aliphatic carbocycles. The predicted molar refractivity (Wildman–Crippen MR) is 79.4 cm³/mol. The molecular weight excluding hydrogens is 238 g/mol. The van der Waals surface area contributed by atoms with E-state index in [0.717, 1.165) is 0 Å². The van der Waals surface area contributed by atoms with Crippen LogP contribution in [0.5, 0.6) is 0 Å². The SMILES string of the molecule is Cc1cccc(C(C)NCC(O)COC(C)C)c1C. The summed E-state index contributed by atoms with van der Waals surface area (Å²) in [6, 6.07) is 6.57. The molecule has 108 valence electrons. The normalized spacial score (nSPS) is 14.7. The molecule has 19 heavy (non-hydrogen) atoms. The zero-order valence-electron chi connectivity index (χ0n) is 12.7. The van der Waals surface area contributed by atoms with Crippen LogP contribution < -0.4 is 5.32 Å². The van der Waals surface area contributed by atoms with Crippen molar-refractivity contribution < 1.29 is 9.84 Å². The van der Waals surface area contributed by atoms with Crippen molar-refractivity contribution >= 4 is 0 Å². The third kappa shape index (κ3) is 5.31. The summed E-state index contributed by atoms with van der Waals surface area (Å²) in [6.45, 7) is 11.2. The Bertz CT molecular complexity index is 390. The number of aryl methyl sites for hydroxylation is 1. The summed E-state index contributed by atoms with van der Waals surface area (Å²) in [4.78, 5) is 0. The van der Waals surface area contributed by atoms with Gasteiger partial charge in [-0.05, 0) is 51.3 Å². The lowest BCUT2D eigenvalue weighted by molar-refractivity contribution is 0.00560. The van der Waals surface area contributed by atoms with E-state index in [-0.39, 0.29) is 12.1 Å². The standard InChI is InChI=1S/C16H27NO2/c1-11(2)19-10-15(18)9-17-14(5)16-8-6-7-12(3)13(16)4/h6-8,11,14-15,17-18H,9-10H2,1-5H3. The van der Waals surface area contributed by atoms with Gasteiger partial charge in [-0.1, -0.05) is 18.2 Å². The highest BCUT2D eigenvalue weighted by molar-refractivity contribution is 5.34. The molecule has 2 atom stereocenters. The first kappa shape index (κ1) is 16.2. The molecule has 0 spiro atoms. The van der Waals surface area contributed by atoms with Gasteiger partial charge in [0, 0.05) is 12.6 Å². The lowest BCUT2D eigenvalue weighted by atomic mass is 9.98. The van der Waals surface area contributed by atoms with Gasteiger partial charge in [0.2, 0.25) is 0 Å². The van der Waals surface area contributed by atoms with Gasteiger partial charge in [-0.15, -0.1) is 0 Å². The molecular formula is C16H27NO2. The van der Waals surface area contributed by atoms with E-state index >= 15 is 0 Å². The van der Waals surface area contributed by atoms with Gasteiger partial charge >= 0.3 is 0 Å². The van der Waals surface area contributed by atoms with Gasteiger partial charge in [-0.2, -0.15) is 0 Å². The van der Waals surface area contributed by atoms with Crippen LogP contribution in [-0.2, 0) is 4.74 Å². The fourth-order valence-electron chi connectivity index (χ4n) is 2.03. The summed E-state index contributed by atoms with van der Waals surface area (Å²) in [5, 5.41) is 13.2. The Balaban J connectivity index is 2.47. The van der Waals surface area contributed by atoms with E-state index < -0.39 is 6.10 Å². The fraction of sp³-hybridized carbons (Fsp3) is 0.625. The number of nitrogens with one attached hydrogen (secondary N) is 1. The molecule has 1 aromatic rings. The van der Waals surface area contributed by atoms with Crippen LogP contribution in [0.1, 0.15) is 43.5 Å². The summed E-state index contributed by atoms with van der Waals surface area (Å²) in [6.07, 6.45) is -0.305. The Labute approximate surface area is 117 Å². The van der Waals surface area contributed by atoms with E-state index in [1.807, 2.05) is 13.8 Å². The van der Waals surface area contributed by atoms with E-state index in [2.05, 4.69) is 44.3 Å². The van der Waals surface area contributed by atoms with Gasteiger partial charge in [-0.3, -0.25) is 0 Å². The number of aliphatic hydroxyl groups is 1. The molecule has 0 amide bonds. The average Bonchev–Trinajstić information content (AvgIpc) is 2.36. The van der Waals surface area contributed by atoms with E-state index in [1.54, 1.807) is 0 Å². The van der Waals surface area contributed by atoms with Crippen molar-refractivity contribution in [1.29, 1.82) is 0 Å². The van der Waals surface area contributed by atoms with Crippen molar-refractivity contribution in [2.24, 2.45) is 0 Å². The van der Waals surface area contributed by atoms with Gasteiger partial charge in [0.1, 0.15) is 0 Å². The predicted octanol–water partition coefficient (Wildman–Crippen LogP) is 2.74. The van der Waals surface area contributed by atoms with Crippen molar-refractivity contribution in [2.45, 2.75) is 52.9 Å². The minimum Gasteiger partial charge on any atom is -0.389 e. The Morgan fingerprint density at radius 3 is 2.53 bits per heavy atom. The smallest absolute Gasteiger partial charge is 0.0898 e. The summed E-state index contributed by atoms with van der Waals surface area (Å²) in [5.41, 5.74) is 3.90. The fourth-order valence-corrected chi connectivity index (χ4v) is 2.03. The minimum atomic E-state index is -0.463. The van der Waals surface area contributed by atoms with E-state index in [9.17, 15) is 5.11 Å². The number of benzene rings is 1. The Hall–Kier alpha value is -0.900. The van der Waals surface area contributed by atoms with Crippen molar-refractivity contribution in [2.75, 3.05) is 13.2 Å². The molecule has 2 unspecified atom stereocenters. The van der Waals surface area contributed by atoms with Gasteiger partial charge < -0.3 is 15.2 Å². The Kier molecular flexibility index (Phi) is 6.49. The van der Waals surface area contributed by atoms with E-state index in [4.69, 9.17) is 4.74 Å². The van der Waals surface area contributed by atoms with E-state index in [0.29, 0.717) is 13.2 Å². The third-order valence-electron chi connectivity index (χ3n) is 3.39. The first-order chi connectivity index (χ1) is 8.91. The molecule has 2 N–H and O–H groups in total. The topological polar surface area (TPSA) is 41.5 Å². The highest BCUT2D eigenvalue weighted by Crippen LogP contribution is 2.19. The molecule has 0 aromatic heterocycles. The summed E-state index contributed by atoms with van der Waals surface area (Å²) >= 11 is 0. The monoisotopic (exact) mass is 265 g/mol. The second-order valence-electron chi connectivity index (χ2n) is 5.45. The molecule has 0 saturated heterocycles. The van der Waals surface area contributed by atoms with Crippen LogP contribution in [0, 0.1) is 13.8 Å². The van der Waals surface area contributed by atoms with Crippen molar-refractivity contribution in [1.82, 2.24) is 5.32 Å². The first-order valence-electron chi connectivity index (χ1n) is 7.01. The highest BCUT2D eigenvalue weighted by Gasteiger charge is 2.12. The summed E-state index contributed by atoms with van der Waals surface area (Å²) in [5.74, 6) is 0. The van der Waals surface area contributed by atoms with Crippen LogP contribution in [0.25, 0.3) is 0 Å². The number of hydrogen-bond donors (Lipinski definition) is 2. The molecule has 0 aliphatic heterocycles. The minimum absolute atomic E-state index is 0.158. The molecule has 3 nitrogen and oxygen atoms in total. The van der Waals surface area contributed by atoms with Crippen LogP contribution in [0.15, 0.2) is 18.2 Å². The Morgan fingerprint density at radius 2 is 1.89 bits per heavy atom. The molecule has 0 aliphatic rings. The molecule has 0 bridgehead atoms. The average molecular weight is 265 g/mol.